The van der Waals surface area contributed by atoms with Crippen LogP contribution in [0.5, 0.6) is 0 Å². The number of rotatable bonds is 3. The lowest BCUT2D eigenvalue weighted by atomic mass is 10.1. The average molecular weight is 282 g/mol. The highest BCUT2D eigenvalue weighted by atomic mass is 31.2. The zero-order valence-corrected chi connectivity index (χ0v) is 12.1. The summed E-state index contributed by atoms with van der Waals surface area (Å²) in [6.07, 6.45) is 3.18. The Morgan fingerprint density at radius 2 is 2.42 bits per heavy atom. The largest absolute Gasteiger partial charge is 0.328 e. The molecule has 0 aliphatic carbocycles. The molecule has 5 nitrogen and oxygen atoms in total. The molecule has 1 aromatic rings. The average Bonchev–Trinajstić information content (AvgIpc) is 2.89. The third-order valence-electron chi connectivity index (χ3n) is 3.92. The van der Waals surface area contributed by atoms with E-state index in [9.17, 15) is 4.57 Å². The van der Waals surface area contributed by atoms with Crippen molar-refractivity contribution in [3.63, 3.8) is 0 Å². The summed E-state index contributed by atoms with van der Waals surface area (Å²) in [5.41, 5.74) is 0.812. The van der Waals surface area contributed by atoms with Gasteiger partial charge in [0.1, 0.15) is 0 Å². The molecule has 0 radical (unpaired) electrons. The quantitative estimate of drug-likeness (QED) is 0.797. The van der Waals surface area contributed by atoms with Gasteiger partial charge in [-0.15, -0.1) is 0 Å². The van der Waals surface area contributed by atoms with Gasteiger partial charge in [0.25, 0.3) is 0 Å². The first-order valence-electron chi connectivity index (χ1n) is 6.69. The Labute approximate surface area is 113 Å². The summed E-state index contributed by atoms with van der Waals surface area (Å²) < 4.78 is 18.6. The third-order valence-corrected chi connectivity index (χ3v) is 7.02. The second-order valence-corrected chi connectivity index (χ2v) is 7.79. The van der Waals surface area contributed by atoms with Gasteiger partial charge in [-0.2, -0.15) is 5.06 Å². The molecule has 6 heteroatoms. The lowest BCUT2D eigenvalue weighted by Gasteiger charge is -2.25. The first-order valence-corrected chi connectivity index (χ1v) is 8.57. The molecule has 2 saturated heterocycles. The molecule has 0 spiro atoms. The standard InChI is InChI=1S/C13H19N2O3P/c1-3-17-19(16)9-7-11-13(19)12(15(2)18-11)10-6-4-5-8-14-10/h4-6,8,11-13H,3,7,9H2,1-2H3/t11-,12-,13+,19-/m0/s1. The molecule has 0 bridgehead atoms. The minimum Gasteiger partial charge on any atom is -0.328 e. The van der Waals surface area contributed by atoms with Crippen molar-refractivity contribution in [3.05, 3.63) is 30.1 Å². The highest BCUT2D eigenvalue weighted by Gasteiger charge is 2.57. The topological polar surface area (TPSA) is 51.7 Å². The van der Waals surface area contributed by atoms with Gasteiger partial charge in [0.2, 0.25) is 7.37 Å². The zero-order chi connectivity index (χ0) is 13.5. The van der Waals surface area contributed by atoms with E-state index in [2.05, 4.69) is 4.98 Å². The van der Waals surface area contributed by atoms with E-state index in [1.807, 2.05) is 32.2 Å². The van der Waals surface area contributed by atoms with Crippen LogP contribution >= 0.6 is 7.37 Å². The number of aromatic nitrogens is 1. The summed E-state index contributed by atoms with van der Waals surface area (Å²) in [5.74, 6) is 0. The lowest BCUT2D eigenvalue weighted by molar-refractivity contribution is -0.144. The summed E-state index contributed by atoms with van der Waals surface area (Å²) in [6.45, 7) is 2.38. The fraction of sp³-hybridized carbons (Fsp3) is 0.615. The molecule has 2 aliphatic heterocycles. The molecule has 0 unspecified atom stereocenters. The Hall–Kier alpha value is -0.740. The molecule has 1 aromatic heterocycles. The van der Waals surface area contributed by atoms with Crippen LogP contribution in [0.4, 0.5) is 0 Å². The predicted octanol–water partition coefficient (Wildman–Crippen LogP) is 2.46. The Morgan fingerprint density at radius 1 is 1.58 bits per heavy atom. The van der Waals surface area contributed by atoms with E-state index < -0.39 is 7.37 Å². The smallest absolute Gasteiger partial charge is 0.210 e. The molecular formula is C13H19N2O3P. The van der Waals surface area contributed by atoms with Gasteiger partial charge in [0.15, 0.2) is 0 Å². The Kier molecular flexibility index (Phi) is 3.48. The second kappa shape index (κ2) is 4.98. The summed E-state index contributed by atoms with van der Waals surface area (Å²) in [7, 11) is -0.757. The maximum atomic E-state index is 13.0. The van der Waals surface area contributed by atoms with Crippen LogP contribution in [0, 0.1) is 0 Å². The number of hydroxylamine groups is 2. The summed E-state index contributed by atoms with van der Waals surface area (Å²) in [4.78, 5) is 10.2. The van der Waals surface area contributed by atoms with Crippen molar-refractivity contribution in [3.8, 4) is 0 Å². The molecular weight excluding hydrogens is 263 g/mol. The third kappa shape index (κ3) is 2.15. The molecule has 0 amide bonds. The van der Waals surface area contributed by atoms with Gasteiger partial charge in [-0.1, -0.05) is 6.07 Å². The van der Waals surface area contributed by atoms with E-state index in [1.54, 1.807) is 11.3 Å². The van der Waals surface area contributed by atoms with Crippen molar-refractivity contribution in [2.75, 3.05) is 19.8 Å². The second-order valence-electron chi connectivity index (χ2n) is 5.04. The van der Waals surface area contributed by atoms with Crippen molar-refractivity contribution in [2.45, 2.75) is 31.1 Å². The molecule has 104 valence electrons. The number of hydrogen-bond acceptors (Lipinski definition) is 5. The van der Waals surface area contributed by atoms with Crippen LogP contribution < -0.4 is 0 Å². The number of nitrogens with zero attached hydrogens (tertiary/aromatic N) is 2. The van der Waals surface area contributed by atoms with Crippen molar-refractivity contribution >= 4 is 7.37 Å². The van der Waals surface area contributed by atoms with Gasteiger partial charge in [-0.3, -0.25) is 14.4 Å². The predicted molar refractivity (Wildman–Crippen MR) is 72.1 cm³/mol. The summed E-state index contributed by atoms with van der Waals surface area (Å²) in [5, 5.41) is 1.79. The fourth-order valence-corrected chi connectivity index (χ4v) is 6.32. The Balaban J connectivity index is 1.97. The summed E-state index contributed by atoms with van der Waals surface area (Å²) in [6, 6.07) is 5.71. The van der Waals surface area contributed by atoms with Crippen LogP contribution in [-0.2, 0) is 13.9 Å². The van der Waals surface area contributed by atoms with Crippen LogP contribution in [0.1, 0.15) is 25.1 Å². The van der Waals surface area contributed by atoms with Crippen molar-refractivity contribution in [1.82, 2.24) is 10.0 Å². The highest BCUT2D eigenvalue weighted by Crippen LogP contribution is 2.66. The molecule has 19 heavy (non-hydrogen) atoms. The van der Waals surface area contributed by atoms with Crippen LogP contribution in [0.15, 0.2) is 24.4 Å². The molecule has 0 saturated carbocycles. The molecule has 2 fully saturated rings. The lowest BCUT2D eigenvalue weighted by Crippen LogP contribution is -2.25. The maximum absolute atomic E-state index is 13.0. The van der Waals surface area contributed by atoms with Gasteiger partial charge in [0.05, 0.1) is 30.1 Å². The summed E-state index contributed by atoms with van der Waals surface area (Å²) >= 11 is 0. The highest BCUT2D eigenvalue weighted by molar-refractivity contribution is 7.60. The number of pyridine rings is 1. The van der Waals surface area contributed by atoms with E-state index in [-0.39, 0.29) is 17.8 Å². The molecule has 3 heterocycles. The SMILES string of the molecule is CCO[P@@]1(=O)CC[C@@H]2ON(C)[C@@H](c3ccccn3)[C@@H]21. The minimum atomic E-state index is -2.64. The Morgan fingerprint density at radius 3 is 3.11 bits per heavy atom. The molecule has 0 N–H and O–H groups in total. The first kappa shape index (κ1) is 13.3. The number of hydrogen-bond donors (Lipinski definition) is 0. The molecule has 2 aliphatic rings. The minimum absolute atomic E-state index is 0.00519. The monoisotopic (exact) mass is 282 g/mol. The van der Waals surface area contributed by atoms with Crippen molar-refractivity contribution in [1.29, 1.82) is 0 Å². The molecule has 0 aromatic carbocycles. The van der Waals surface area contributed by atoms with Gasteiger partial charge >= 0.3 is 0 Å². The van der Waals surface area contributed by atoms with Crippen LogP contribution in [-0.4, -0.2) is 41.6 Å². The Bertz CT molecular complexity index is 490. The van der Waals surface area contributed by atoms with E-state index in [1.165, 1.54) is 0 Å². The van der Waals surface area contributed by atoms with Crippen LogP contribution in [0.3, 0.4) is 0 Å². The van der Waals surface area contributed by atoms with Crippen molar-refractivity contribution in [2.24, 2.45) is 0 Å². The molecule has 4 atom stereocenters. The molecule has 3 rings (SSSR count). The fourth-order valence-electron chi connectivity index (χ4n) is 3.19. The van der Waals surface area contributed by atoms with E-state index in [0.29, 0.717) is 12.8 Å². The van der Waals surface area contributed by atoms with Gasteiger partial charge < -0.3 is 4.52 Å². The van der Waals surface area contributed by atoms with Gasteiger partial charge in [0, 0.05) is 19.4 Å². The van der Waals surface area contributed by atoms with Crippen LogP contribution in [0.25, 0.3) is 0 Å². The van der Waals surface area contributed by atoms with E-state index in [4.69, 9.17) is 9.36 Å². The maximum Gasteiger partial charge on any atom is 0.210 e. The van der Waals surface area contributed by atoms with E-state index >= 15 is 0 Å². The van der Waals surface area contributed by atoms with Crippen LogP contribution in [0.2, 0.25) is 0 Å². The first-order chi connectivity index (χ1) is 9.15. The number of fused-ring (bicyclic) bond motifs is 1. The van der Waals surface area contributed by atoms with E-state index in [0.717, 1.165) is 12.1 Å². The zero-order valence-electron chi connectivity index (χ0n) is 11.2. The normalized spacial score (nSPS) is 38.5. The van der Waals surface area contributed by atoms with Crippen molar-refractivity contribution < 1.29 is 13.9 Å². The van der Waals surface area contributed by atoms with Gasteiger partial charge in [-0.05, 0) is 25.5 Å². The van der Waals surface area contributed by atoms with Gasteiger partial charge in [-0.25, -0.2) is 0 Å².